The highest BCUT2D eigenvalue weighted by atomic mass is 79.9. The highest BCUT2D eigenvalue weighted by molar-refractivity contribution is 9.10. The van der Waals surface area contributed by atoms with Crippen molar-refractivity contribution in [3.05, 3.63) is 64.1 Å². The Balaban J connectivity index is 1.95. The van der Waals surface area contributed by atoms with Crippen LogP contribution >= 0.6 is 15.9 Å². The maximum Gasteiger partial charge on any atom is 0.147 e. The van der Waals surface area contributed by atoms with Gasteiger partial charge in [0.2, 0.25) is 0 Å². The molecule has 0 radical (unpaired) electrons. The molecule has 20 heavy (non-hydrogen) atoms. The van der Waals surface area contributed by atoms with Crippen molar-refractivity contribution in [2.75, 3.05) is 5.32 Å². The van der Waals surface area contributed by atoms with Crippen LogP contribution in [-0.2, 0) is 6.42 Å². The summed E-state index contributed by atoms with van der Waals surface area (Å²) in [5.41, 5.74) is 1.44. The largest absolute Gasteiger partial charge is 0.380 e. The lowest BCUT2D eigenvalue weighted by atomic mass is 10.1. The molecule has 1 nitrogen and oxygen atoms in total. The summed E-state index contributed by atoms with van der Waals surface area (Å²) in [5.74, 6) is -0.922. The first-order valence-corrected chi connectivity index (χ1v) is 7.30. The van der Waals surface area contributed by atoms with Crippen LogP contribution in [0.15, 0.2) is 46.9 Å². The SMILES string of the molecule is CC(CCc1ccccc1)Nc1cc(F)c(Br)cc1F. The van der Waals surface area contributed by atoms with Crippen LogP contribution in [0, 0.1) is 11.6 Å². The Bertz CT molecular complexity index is 572. The minimum atomic E-state index is -0.468. The Morgan fingerprint density at radius 2 is 1.80 bits per heavy atom. The monoisotopic (exact) mass is 339 g/mol. The van der Waals surface area contributed by atoms with Crippen LogP contribution in [0.3, 0.4) is 0 Å². The van der Waals surface area contributed by atoms with E-state index in [-0.39, 0.29) is 16.2 Å². The molecule has 0 saturated heterocycles. The van der Waals surface area contributed by atoms with E-state index in [0.29, 0.717) is 0 Å². The highest BCUT2D eigenvalue weighted by Crippen LogP contribution is 2.24. The average molecular weight is 340 g/mol. The lowest BCUT2D eigenvalue weighted by molar-refractivity contribution is 0.592. The van der Waals surface area contributed by atoms with Crippen LogP contribution in [0.5, 0.6) is 0 Å². The van der Waals surface area contributed by atoms with Gasteiger partial charge in [0.1, 0.15) is 11.6 Å². The topological polar surface area (TPSA) is 12.0 Å². The summed E-state index contributed by atoms with van der Waals surface area (Å²) in [5, 5.41) is 3.01. The first-order chi connectivity index (χ1) is 9.56. The summed E-state index contributed by atoms with van der Waals surface area (Å²) in [6.07, 6.45) is 1.75. The zero-order valence-electron chi connectivity index (χ0n) is 11.2. The van der Waals surface area contributed by atoms with E-state index >= 15 is 0 Å². The van der Waals surface area contributed by atoms with Crippen molar-refractivity contribution in [1.82, 2.24) is 0 Å². The normalized spacial score (nSPS) is 12.2. The van der Waals surface area contributed by atoms with Crippen LogP contribution in [0.1, 0.15) is 18.9 Å². The molecule has 0 saturated carbocycles. The summed E-state index contributed by atoms with van der Waals surface area (Å²) in [6.45, 7) is 1.96. The second-order valence-electron chi connectivity index (χ2n) is 4.82. The fourth-order valence-corrected chi connectivity index (χ4v) is 2.31. The van der Waals surface area contributed by atoms with E-state index in [1.807, 2.05) is 25.1 Å². The fourth-order valence-electron chi connectivity index (χ4n) is 2.00. The Labute approximate surface area is 126 Å². The highest BCUT2D eigenvalue weighted by Gasteiger charge is 2.10. The fraction of sp³-hybridized carbons (Fsp3) is 0.250. The van der Waals surface area contributed by atoms with E-state index in [4.69, 9.17) is 0 Å². The first-order valence-electron chi connectivity index (χ1n) is 6.51. The number of benzene rings is 2. The number of aryl methyl sites for hydroxylation is 1. The van der Waals surface area contributed by atoms with Gasteiger partial charge in [0.25, 0.3) is 0 Å². The van der Waals surface area contributed by atoms with Crippen molar-refractivity contribution in [2.45, 2.75) is 25.8 Å². The van der Waals surface area contributed by atoms with Crippen LogP contribution in [0.25, 0.3) is 0 Å². The lowest BCUT2D eigenvalue weighted by Crippen LogP contribution is -2.17. The van der Waals surface area contributed by atoms with E-state index in [1.165, 1.54) is 11.6 Å². The molecule has 0 aliphatic heterocycles. The molecule has 4 heteroatoms. The third kappa shape index (κ3) is 4.04. The maximum atomic E-state index is 13.7. The zero-order valence-corrected chi connectivity index (χ0v) is 12.8. The van der Waals surface area contributed by atoms with Gasteiger partial charge >= 0.3 is 0 Å². The molecule has 1 N–H and O–H groups in total. The molecule has 1 atom stereocenters. The summed E-state index contributed by atoms with van der Waals surface area (Å²) in [7, 11) is 0. The van der Waals surface area contributed by atoms with Gasteiger partial charge in [0, 0.05) is 12.1 Å². The van der Waals surface area contributed by atoms with Crippen molar-refractivity contribution in [3.63, 3.8) is 0 Å². The predicted molar refractivity (Wildman–Crippen MR) is 81.9 cm³/mol. The van der Waals surface area contributed by atoms with Crippen molar-refractivity contribution in [2.24, 2.45) is 0 Å². The molecule has 1 unspecified atom stereocenters. The summed E-state index contributed by atoms with van der Waals surface area (Å²) in [4.78, 5) is 0. The number of hydrogen-bond acceptors (Lipinski definition) is 1. The van der Waals surface area contributed by atoms with Gasteiger partial charge in [-0.15, -0.1) is 0 Å². The average Bonchev–Trinajstić information content (AvgIpc) is 2.44. The summed E-state index contributed by atoms with van der Waals surface area (Å²) >= 11 is 2.96. The van der Waals surface area contributed by atoms with Crippen molar-refractivity contribution < 1.29 is 8.78 Å². The van der Waals surface area contributed by atoms with E-state index in [1.54, 1.807) is 0 Å². The molecule has 0 aromatic heterocycles. The summed E-state index contributed by atoms with van der Waals surface area (Å²) in [6, 6.07) is 12.5. The Kier molecular flexibility index (Phi) is 5.12. The van der Waals surface area contributed by atoms with E-state index in [9.17, 15) is 8.78 Å². The van der Waals surface area contributed by atoms with Gasteiger partial charge in [-0.05, 0) is 47.3 Å². The van der Waals surface area contributed by atoms with Gasteiger partial charge in [-0.3, -0.25) is 0 Å². The molecule has 0 fully saturated rings. The van der Waals surface area contributed by atoms with Crippen molar-refractivity contribution in [1.29, 1.82) is 0 Å². The second-order valence-corrected chi connectivity index (χ2v) is 5.67. The van der Waals surface area contributed by atoms with E-state index in [2.05, 4.69) is 33.4 Å². The van der Waals surface area contributed by atoms with Crippen molar-refractivity contribution in [3.8, 4) is 0 Å². The quantitative estimate of drug-likeness (QED) is 0.742. The smallest absolute Gasteiger partial charge is 0.147 e. The number of hydrogen-bond donors (Lipinski definition) is 1. The summed E-state index contributed by atoms with van der Waals surface area (Å²) < 4.78 is 27.2. The van der Waals surface area contributed by atoms with Crippen LogP contribution in [-0.4, -0.2) is 6.04 Å². The van der Waals surface area contributed by atoms with Gasteiger partial charge in [-0.1, -0.05) is 30.3 Å². The van der Waals surface area contributed by atoms with Crippen LogP contribution in [0.4, 0.5) is 14.5 Å². The second kappa shape index (κ2) is 6.84. The molecule has 0 aliphatic rings. The molecular weight excluding hydrogens is 324 g/mol. The Hall–Kier alpha value is -1.42. The van der Waals surface area contributed by atoms with Gasteiger partial charge in [-0.25, -0.2) is 8.78 Å². The first kappa shape index (κ1) is 15.0. The minimum Gasteiger partial charge on any atom is -0.380 e. The minimum absolute atomic E-state index is 0.0604. The molecule has 106 valence electrons. The molecule has 0 aliphatic carbocycles. The Morgan fingerprint density at radius 3 is 2.50 bits per heavy atom. The van der Waals surface area contributed by atoms with Gasteiger partial charge in [-0.2, -0.15) is 0 Å². The number of nitrogens with one attached hydrogen (secondary N) is 1. The van der Waals surface area contributed by atoms with Crippen LogP contribution < -0.4 is 5.32 Å². The molecule has 2 aromatic carbocycles. The maximum absolute atomic E-state index is 13.7. The molecule has 0 bridgehead atoms. The number of rotatable bonds is 5. The molecule has 0 spiro atoms. The van der Waals surface area contributed by atoms with E-state index < -0.39 is 11.6 Å². The number of halogens is 3. The molecule has 2 aromatic rings. The predicted octanol–water partition coefficient (Wildman–Crippen LogP) is 5.16. The van der Waals surface area contributed by atoms with Gasteiger partial charge in [0.05, 0.1) is 10.2 Å². The number of anilines is 1. The zero-order chi connectivity index (χ0) is 14.5. The van der Waals surface area contributed by atoms with Crippen molar-refractivity contribution >= 4 is 21.6 Å². The third-order valence-corrected chi connectivity index (χ3v) is 3.73. The molecule has 2 rings (SSSR count). The molecule has 0 heterocycles. The van der Waals surface area contributed by atoms with E-state index in [0.717, 1.165) is 18.9 Å². The van der Waals surface area contributed by atoms with Gasteiger partial charge in [0.15, 0.2) is 0 Å². The molecule has 0 amide bonds. The standard InChI is InChI=1S/C16H16BrF2N/c1-11(7-8-12-5-3-2-4-6-12)20-16-10-14(18)13(17)9-15(16)19/h2-6,9-11,20H,7-8H2,1H3. The Morgan fingerprint density at radius 1 is 1.10 bits per heavy atom. The van der Waals surface area contributed by atoms with Crippen LogP contribution in [0.2, 0.25) is 0 Å². The van der Waals surface area contributed by atoms with Gasteiger partial charge < -0.3 is 5.32 Å². The molecular formula is C16H16BrF2N. The third-order valence-electron chi connectivity index (χ3n) is 3.12. The lowest BCUT2D eigenvalue weighted by Gasteiger charge is -2.16.